The molecule has 1 heterocycles. The minimum atomic E-state index is -1.20. The number of hydrogen-bond acceptors (Lipinski definition) is 5. The van der Waals surface area contributed by atoms with E-state index >= 15 is 0 Å². The third kappa shape index (κ3) is 3.51. The van der Waals surface area contributed by atoms with Crippen LogP contribution in [0, 0.1) is 11.8 Å². The molecule has 0 spiro atoms. The van der Waals surface area contributed by atoms with Crippen LogP contribution in [-0.4, -0.2) is 17.0 Å². The van der Waals surface area contributed by atoms with Gasteiger partial charge in [0.15, 0.2) is 5.82 Å². The second-order valence-corrected chi connectivity index (χ2v) is 6.29. The standard InChI is InChI=1S/C15H20N2O4/c1-15(2,3)11-8-12(17-21-11)16-13(18)9-6-4-5-7-10(9)14(19)20/h4-5,8-10H,6-7H2,1-3H3,(H,19,20)(H,16,17,18)/p-1/t9-,10-/m0/s1. The molecule has 2 rings (SSSR count). The Balaban J connectivity index is 2.08. The number of nitrogens with zero attached hydrogens (tertiary/aromatic N) is 1. The third-order valence-corrected chi connectivity index (χ3v) is 3.57. The van der Waals surface area contributed by atoms with Crippen molar-refractivity contribution < 1.29 is 19.2 Å². The van der Waals surface area contributed by atoms with Crippen molar-refractivity contribution in [3.8, 4) is 0 Å². The lowest BCUT2D eigenvalue weighted by molar-refractivity contribution is -0.313. The third-order valence-electron chi connectivity index (χ3n) is 3.57. The van der Waals surface area contributed by atoms with Gasteiger partial charge in [0.05, 0.1) is 5.92 Å². The van der Waals surface area contributed by atoms with Crippen molar-refractivity contribution in [3.63, 3.8) is 0 Å². The predicted octanol–water partition coefficient (Wildman–Crippen LogP) is 1.24. The van der Waals surface area contributed by atoms with E-state index in [4.69, 9.17) is 4.52 Å². The van der Waals surface area contributed by atoms with Crippen molar-refractivity contribution in [1.82, 2.24) is 5.16 Å². The van der Waals surface area contributed by atoms with E-state index in [9.17, 15) is 14.7 Å². The van der Waals surface area contributed by atoms with E-state index in [1.807, 2.05) is 26.8 Å². The van der Waals surface area contributed by atoms with E-state index in [2.05, 4.69) is 10.5 Å². The summed E-state index contributed by atoms with van der Waals surface area (Å²) in [5.41, 5.74) is -0.211. The number of nitrogens with one attached hydrogen (secondary N) is 1. The normalized spacial score (nSPS) is 22.0. The average Bonchev–Trinajstić information content (AvgIpc) is 2.87. The van der Waals surface area contributed by atoms with Crippen LogP contribution >= 0.6 is 0 Å². The van der Waals surface area contributed by atoms with Crippen LogP contribution in [-0.2, 0) is 15.0 Å². The van der Waals surface area contributed by atoms with E-state index in [1.54, 1.807) is 12.1 Å². The van der Waals surface area contributed by atoms with Gasteiger partial charge in [-0.1, -0.05) is 38.1 Å². The molecule has 0 unspecified atom stereocenters. The summed E-state index contributed by atoms with van der Waals surface area (Å²) in [6.45, 7) is 5.91. The van der Waals surface area contributed by atoms with Gasteiger partial charge in [-0.15, -0.1) is 0 Å². The van der Waals surface area contributed by atoms with Gasteiger partial charge >= 0.3 is 0 Å². The molecule has 6 nitrogen and oxygen atoms in total. The highest BCUT2D eigenvalue weighted by atomic mass is 16.5. The Labute approximate surface area is 123 Å². The zero-order valence-corrected chi connectivity index (χ0v) is 12.4. The largest absolute Gasteiger partial charge is 0.550 e. The first-order valence-electron chi connectivity index (χ1n) is 6.93. The molecule has 0 bridgehead atoms. The summed E-state index contributed by atoms with van der Waals surface area (Å²) in [6, 6.07) is 1.66. The van der Waals surface area contributed by atoms with Crippen LogP contribution in [0.3, 0.4) is 0 Å². The molecule has 1 N–H and O–H groups in total. The quantitative estimate of drug-likeness (QED) is 0.845. The molecular formula is C15H19N2O4-. The predicted molar refractivity (Wildman–Crippen MR) is 74.2 cm³/mol. The van der Waals surface area contributed by atoms with E-state index in [1.165, 1.54) is 0 Å². The second-order valence-electron chi connectivity index (χ2n) is 6.29. The monoisotopic (exact) mass is 291 g/mol. The number of hydrogen-bond donors (Lipinski definition) is 1. The molecule has 0 aliphatic heterocycles. The highest BCUT2D eigenvalue weighted by Gasteiger charge is 2.30. The maximum atomic E-state index is 12.2. The molecule has 0 radical (unpaired) electrons. The highest BCUT2D eigenvalue weighted by molar-refractivity contribution is 5.94. The van der Waals surface area contributed by atoms with Crippen LogP contribution in [0.25, 0.3) is 0 Å². The number of amides is 1. The molecule has 114 valence electrons. The van der Waals surface area contributed by atoms with Crippen molar-refractivity contribution in [2.75, 3.05) is 5.32 Å². The molecule has 1 aliphatic carbocycles. The lowest BCUT2D eigenvalue weighted by Crippen LogP contribution is -2.41. The van der Waals surface area contributed by atoms with Gasteiger partial charge < -0.3 is 19.7 Å². The molecule has 1 aromatic heterocycles. The summed E-state index contributed by atoms with van der Waals surface area (Å²) >= 11 is 0. The van der Waals surface area contributed by atoms with E-state index < -0.39 is 17.8 Å². The first kappa shape index (κ1) is 15.3. The Bertz CT molecular complexity index is 568. The Morgan fingerprint density at radius 1 is 1.29 bits per heavy atom. The van der Waals surface area contributed by atoms with Crippen LogP contribution < -0.4 is 10.4 Å². The number of carbonyl (C=O) groups excluding carboxylic acids is 2. The van der Waals surface area contributed by atoms with Gasteiger partial charge in [-0.25, -0.2) is 0 Å². The molecule has 0 aromatic carbocycles. The number of allylic oxidation sites excluding steroid dienone is 2. The summed E-state index contributed by atoms with van der Waals surface area (Å²) in [5, 5.41) is 17.5. The van der Waals surface area contributed by atoms with Crippen molar-refractivity contribution in [1.29, 1.82) is 0 Å². The molecule has 1 amide bonds. The van der Waals surface area contributed by atoms with E-state index in [0.29, 0.717) is 24.4 Å². The van der Waals surface area contributed by atoms with Crippen LogP contribution in [0.2, 0.25) is 0 Å². The van der Waals surface area contributed by atoms with Crippen molar-refractivity contribution in [2.45, 2.75) is 39.0 Å². The molecule has 1 aliphatic rings. The Morgan fingerprint density at radius 2 is 1.90 bits per heavy atom. The summed E-state index contributed by atoms with van der Waals surface area (Å²) in [5.74, 6) is -2.06. The van der Waals surface area contributed by atoms with Crippen molar-refractivity contribution in [3.05, 3.63) is 24.0 Å². The molecule has 1 aromatic rings. The van der Waals surface area contributed by atoms with Gasteiger partial charge in [-0.2, -0.15) is 0 Å². The number of carbonyl (C=O) groups is 2. The van der Waals surface area contributed by atoms with Crippen LogP contribution in [0.15, 0.2) is 22.7 Å². The molecule has 0 saturated carbocycles. The smallest absolute Gasteiger partial charge is 0.229 e. The SMILES string of the molecule is CC(C)(C)c1cc(NC(=O)[C@H]2CC=CC[C@@H]2C(=O)[O-])no1. The lowest BCUT2D eigenvalue weighted by atomic mass is 9.82. The molecular weight excluding hydrogens is 272 g/mol. The number of rotatable bonds is 3. The number of carboxylic acids is 1. The zero-order chi connectivity index (χ0) is 15.6. The number of carboxylic acid groups (broad SMARTS) is 1. The minimum Gasteiger partial charge on any atom is -0.550 e. The molecule has 0 fully saturated rings. The maximum absolute atomic E-state index is 12.2. The van der Waals surface area contributed by atoms with Crippen LogP contribution in [0.1, 0.15) is 39.4 Å². The first-order valence-corrected chi connectivity index (χ1v) is 6.93. The van der Waals surface area contributed by atoms with Crippen LogP contribution in [0.5, 0.6) is 0 Å². The minimum absolute atomic E-state index is 0.211. The number of aromatic nitrogens is 1. The number of aliphatic carboxylic acids is 1. The van der Waals surface area contributed by atoms with Crippen molar-refractivity contribution in [2.24, 2.45) is 11.8 Å². The average molecular weight is 291 g/mol. The topological polar surface area (TPSA) is 95.3 Å². The first-order chi connectivity index (χ1) is 9.79. The van der Waals surface area contributed by atoms with Gasteiger partial charge in [0, 0.05) is 23.4 Å². The van der Waals surface area contributed by atoms with Crippen molar-refractivity contribution >= 4 is 17.7 Å². The molecule has 0 saturated heterocycles. The van der Waals surface area contributed by atoms with Gasteiger partial charge in [0.1, 0.15) is 5.76 Å². The Morgan fingerprint density at radius 3 is 2.43 bits per heavy atom. The van der Waals surface area contributed by atoms with E-state index in [0.717, 1.165) is 0 Å². The van der Waals surface area contributed by atoms with Gasteiger partial charge in [0.2, 0.25) is 5.91 Å². The van der Waals surface area contributed by atoms with Gasteiger partial charge in [-0.05, 0) is 12.8 Å². The summed E-state index contributed by atoms with van der Waals surface area (Å²) < 4.78 is 5.18. The van der Waals surface area contributed by atoms with E-state index in [-0.39, 0.29) is 11.3 Å². The fourth-order valence-electron chi connectivity index (χ4n) is 2.27. The second kappa shape index (κ2) is 5.71. The molecule has 6 heteroatoms. The summed E-state index contributed by atoms with van der Waals surface area (Å²) in [7, 11) is 0. The summed E-state index contributed by atoms with van der Waals surface area (Å²) in [6.07, 6.45) is 4.27. The Kier molecular flexibility index (Phi) is 4.16. The fourth-order valence-corrected chi connectivity index (χ4v) is 2.27. The number of anilines is 1. The zero-order valence-electron chi connectivity index (χ0n) is 12.4. The Hall–Kier alpha value is -2.11. The van der Waals surface area contributed by atoms with Gasteiger partial charge in [-0.3, -0.25) is 4.79 Å². The summed E-state index contributed by atoms with van der Waals surface area (Å²) in [4.78, 5) is 23.3. The van der Waals surface area contributed by atoms with Crippen LogP contribution in [0.4, 0.5) is 5.82 Å². The fraction of sp³-hybridized carbons (Fsp3) is 0.533. The van der Waals surface area contributed by atoms with Gasteiger partial charge in [0.25, 0.3) is 0 Å². The maximum Gasteiger partial charge on any atom is 0.229 e. The highest BCUT2D eigenvalue weighted by Crippen LogP contribution is 2.28. The lowest BCUT2D eigenvalue weighted by Gasteiger charge is -2.27. The molecule has 21 heavy (non-hydrogen) atoms. The molecule has 2 atom stereocenters.